The number of aryl methyl sites for hydroxylation is 2. The minimum atomic E-state index is -4.31. The van der Waals surface area contributed by atoms with Crippen molar-refractivity contribution in [2.24, 2.45) is 0 Å². The predicted molar refractivity (Wildman–Crippen MR) is 93.6 cm³/mol. The predicted octanol–water partition coefficient (Wildman–Crippen LogP) is 2.26. The Morgan fingerprint density at radius 1 is 1.08 bits per heavy atom. The molecule has 0 radical (unpaired) electrons. The van der Waals surface area contributed by atoms with Gasteiger partial charge in [-0.25, -0.2) is 8.42 Å². The maximum absolute atomic E-state index is 12.6. The first-order valence-corrected chi connectivity index (χ1v) is 10.7. The van der Waals surface area contributed by atoms with Crippen LogP contribution in [0.2, 0.25) is 0 Å². The van der Waals surface area contributed by atoms with E-state index in [2.05, 4.69) is 0 Å². The topological polar surface area (TPSA) is 80.8 Å². The normalized spacial score (nSPS) is 20.6. The minimum Gasteiger partial charge on any atom is -0.252 e. The van der Waals surface area contributed by atoms with E-state index in [1.807, 2.05) is 37.3 Å². The number of hydrogen-bond donors (Lipinski definition) is 0. The molecule has 6 nitrogen and oxygen atoms in total. The number of sulfonamides is 1. The fraction of sp³-hybridized carbons (Fsp3) is 0.294. The molecule has 1 unspecified atom stereocenters. The molecule has 134 valence electrons. The van der Waals surface area contributed by atoms with E-state index in [1.54, 1.807) is 12.1 Å². The lowest BCUT2D eigenvalue weighted by atomic mass is 10.1. The highest BCUT2D eigenvalue weighted by Gasteiger charge is 2.45. The van der Waals surface area contributed by atoms with Gasteiger partial charge in [0.2, 0.25) is 0 Å². The Hall–Kier alpha value is -1.74. The third-order valence-electron chi connectivity index (χ3n) is 4.04. The zero-order chi connectivity index (χ0) is 18.1. The summed E-state index contributed by atoms with van der Waals surface area (Å²) in [7, 11) is -8.47. The Kier molecular flexibility index (Phi) is 4.97. The molecule has 1 aliphatic heterocycles. The number of rotatable bonds is 5. The van der Waals surface area contributed by atoms with E-state index in [-0.39, 0.29) is 11.4 Å². The van der Waals surface area contributed by atoms with Crippen molar-refractivity contribution in [2.45, 2.75) is 30.8 Å². The summed E-state index contributed by atoms with van der Waals surface area (Å²) in [5.74, 6) is 0. The lowest BCUT2D eigenvalue weighted by Crippen LogP contribution is -2.33. The van der Waals surface area contributed by atoms with Crippen LogP contribution < -0.4 is 0 Å². The van der Waals surface area contributed by atoms with Crippen LogP contribution in [-0.4, -0.2) is 33.2 Å². The van der Waals surface area contributed by atoms with Crippen molar-refractivity contribution in [1.29, 1.82) is 0 Å². The van der Waals surface area contributed by atoms with Gasteiger partial charge in [0, 0.05) is 0 Å². The summed E-state index contributed by atoms with van der Waals surface area (Å²) in [6, 6.07) is 15.6. The lowest BCUT2D eigenvalue weighted by Gasteiger charge is -2.13. The molecule has 8 heteroatoms. The maximum atomic E-state index is 12.6. The average molecular weight is 381 g/mol. The second-order valence-corrected chi connectivity index (χ2v) is 9.56. The Morgan fingerprint density at radius 3 is 2.36 bits per heavy atom. The maximum Gasteiger partial charge on any atom is 0.352 e. The molecule has 1 fully saturated rings. The Bertz CT molecular complexity index is 938. The largest absolute Gasteiger partial charge is 0.352 e. The summed E-state index contributed by atoms with van der Waals surface area (Å²) in [5, 5.41) is 0. The molecule has 0 bridgehead atoms. The average Bonchev–Trinajstić information content (AvgIpc) is 2.90. The molecular weight excluding hydrogens is 362 g/mol. The molecule has 25 heavy (non-hydrogen) atoms. The number of hydrogen-bond acceptors (Lipinski definition) is 5. The van der Waals surface area contributed by atoms with Gasteiger partial charge in [0.1, 0.15) is 0 Å². The van der Waals surface area contributed by atoms with Gasteiger partial charge in [-0.3, -0.25) is 4.18 Å². The molecule has 1 saturated heterocycles. The first-order valence-electron chi connectivity index (χ1n) is 7.86. The van der Waals surface area contributed by atoms with Crippen molar-refractivity contribution in [2.75, 3.05) is 6.54 Å². The van der Waals surface area contributed by atoms with Crippen LogP contribution in [0.25, 0.3) is 0 Å². The van der Waals surface area contributed by atoms with Crippen LogP contribution in [0.5, 0.6) is 0 Å². The Labute approximate surface area is 148 Å². The number of nitrogens with zero attached hydrogens (tertiary/aromatic N) is 1. The quantitative estimate of drug-likeness (QED) is 0.794. The summed E-state index contributed by atoms with van der Waals surface area (Å²) in [5.41, 5.74) is 1.93. The molecule has 2 aromatic carbocycles. The van der Waals surface area contributed by atoms with E-state index in [1.165, 1.54) is 12.1 Å². The van der Waals surface area contributed by atoms with Crippen molar-refractivity contribution in [3.63, 3.8) is 0 Å². The third kappa shape index (κ3) is 3.92. The van der Waals surface area contributed by atoms with Crippen molar-refractivity contribution >= 4 is 20.3 Å². The van der Waals surface area contributed by atoms with Crippen molar-refractivity contribution in [3.05, 3.63) is 65.7 Å². The first-order chi connectivity index (χ1) is 11.8. The van der Waals surface area contributed by atoms with Gasteiger partial charge in [-0.1, -0.05) is 51.7 Å². The van der Waals surface area contributed by atoms with Gasteiger partial charge >= 0.3 is 10.3 Å². The second kappa shape index (κ2) is 6.87. The molecule has 3 rings (SSSR count). The van der Waals surface area contributed by atoms with Gasteiger partial charge in [0.25, 0.3) is 10.0 Å². The molecule has 0 aliphatic carbocycles. The van der Waals surface area contributed by atoms with Crippen LogP contribution in [0, 0.1) is 6.92 Å². The van der Waals surface area contributed by atoms with Gasteiger partial charge < -0.3 is 0 Å². The molecule has 1 atom stereocenters. The third-order valence-corrected chi connectivity index (χ3v) is 7.90. The molecular formula is C17H19NO5S2. The summed E-state index contributed by atoms with van der Waals surface area (Å²) >= 11 is 0. The Morgan fingerprint density at radius 2 is 1.72 bits per heavy atom. The van der Waals surface area contributed by atoms with E-state index in [9.17, 15) is 16.8 Å². The van der Waals surface area contributed by atoms with Crippen LogP contribution in [-0.2, 0) is 30.9 Å². The Balaban J connectivity index is 1.77. The summed E-state index contributed by atoms with van der Waals surface area (Å²) in [4.78, 5) is -0.0611. The number of benzene rings is 2. The van der Waals surface area contributed by atoms with E-state index in [4.69, 9.17) is 4.18 Å². The van der Waals surface area contributed by atoms with Crippen molar-refractivity contribution in [3.8, 4) is 0 Å². The SMILES string of the molecule is Cc1ccc(S(=O)(=O)N2CC(CCc3ccccc3)OS2(=O)=O)cc1. The molecule has 0 aromatic heterocycles. The van der Waals surface area contributed by atoms with Crippen LogP contribution in [0.1, 0.15) is 17.5 Å². The minimum absolute atomic E-state index is 0.0611. The van der Waals surface area contributed by atoms with E-state index >= 15 is 0 Å². The van der Waals surface area contributed by atoms with E-state index in [0.717, 1.165) is 11.1 Å². The van der Waals surface area contributed by atoms with Crippen LogP contribution in [0.4, 0.5) is 0 Å². The van der Waals surface area contributed by atoms with Crippen molar-refractivity contribution in [1.82, 2.24) is 3.71 Å². The van der Waals surface area contributed by atoms with Crippen LogP contribution in [0.3, 0.4) is 0 Å². The van der Waals surface area contributed by atoms with Gasteiger partial charge in [-0.2, -0.15) is 8.42 Å². The summed E-state index contributed by atoms with van der Waals surface area (Å²) < 4.78 is 55.2. The summed E-state index contributed by atoms with van der Waals surface area (Å²) in [6.07, 6.45) is 0.341. The highest BCUT2D eigenvalue weighted by atomic mass is 32.3. The molecule has 2 aromatic rings. The fourth-order valence-corrected chi connectivity index (χ4v) is 6.01. The van der Waals surface area contributed by atoms with Gasteiger partial charge in [-0.05, 0) is 37.5 Å². The molecule has 0 saturated carbocycles. The van der Waals surface area contributed by atoms with Crippen LogP contribution in [0.15, 0.2) is 59.5 Å². The molecule has 1 aliphatic rings. The zero-order valence-electron chi connectivity index (χ0n) is 13.7. The fourth-order valence-electron chi connectivity index (χ4n) is 2.67. The van der Waals surface area contributed by atoms with Crippen molar-refractivity contribution < 1.29 is 21.0 Å². The lowest BCUT2D eigenvalue weighted by molar-refractivity contribution is 0.235. The highest BCUT2D eigenvalue weighted by molar-refractivity contribution is 8.02. The highest BCUT2D eigenvalue weighted by Crippen LogP contribution is 2.28. The smallest absolute Gasteiger partial charge is 0.252 e. The monoisotopic (exact) mass is 381 g/mol. The van der Waals surface area contributed by atoms with E-state index in [0.29, 0.717) is 16.6 Å². The standard InChI is InChI=1S/C17H19NO5S2/c1-14-7-11-17(12-8-14)24(19,20)18-13-16(23-25(18,21)22)10-9-15-5-3-2-4-6-15/h2-8,11-12,16H,9-10,13H2,1H3. The van der Waals surface area contributed by atoms with Gasteiger partial charge in [-0.15, -0.1) is 0 Å². The van der Waals surface area contributed by atoms with Gasteiger partial charge in [0.15, 0.2) is 0 Å². The second-order valence-electron chi connectivity index (χ2n) is 5.97. The zero-order valence-corrected chi connectivity index (χ0v) is 15.3. The first kappa shape index (κ1) is 18.1. The van der Waals surface area contributed by atoms with Gasteiger partial charge in [0.05, 0.1) is 17.5 Å². The summed E-state index contributed by atoms with van der Waals surface area (Å²) in [6.45, 7) is 1.62. The molecule has 0 N–H and O–H groups in total. The molecule has 0 amide bonds. The van der Waals surface area contributed by atoms with Crippen LogP contribution >= 0.6 is 0 Å². The van der Waals surface area contributed by atoms with E-state index < -0.39 is 26.4 Å². The molecule has 0 spiro atoms. The molecule has 1 heterocycles.